The molecule has 2 heterocycles. The first-order valence-electron chi connectivity index (χ1n) is 9.41. The first kappa shape index (κ1) is 20.9. The van der Waals surface area contributed by atoms with Crippen LogP contribution in [-0.2, 0) is 25.6 Å². The summed E-state index contributed by atoms with van der Waals surface area (Å²) in [6.07, 6.45) is -1.19. The highest BCUT2D eigenvalue weighted by Crippen LogP contribution is 2.32. The summed E-state index contributed by atoms with van der Waals surface area (Å²) >= 11 is 0. The van der Waals surface area contributed by atoms with Crippen LogP contribution in [-0.4, -0.2) is 76.5 Å². The van der Waals surface area contributed by atoms with Gasteiger partial charge in [-0.25, -0.2) is 14.4 Å². The molecule has 2 aliphatic heterocycles. The molecule has 1 atom stereocenters. The molecule has 2 fully saturated rings. The minimum atomic E-state index is -1.17. The monoisotopic (exact) mass is 406 g/mol. The van der Waals surface area contributed by atoms with E-state index in [1.165, 1.54) is 9.80 Å². The fourth-order valence-electron chi connectivity index (χ4n) is 3.31. The number of carboxylic acids is 1. The second-order valence-corrected chi connectivity index (χ2v) is 8.35. The van der Waals surface area contributed by atoms with Crippen LogP contribution in [0.15, 0.2) is 30.3 Å². The summed E-state index contributed by atoms with van der Waals surface area (Å²) in [5, 5.41) is 9.46. The van der Waals surface area contributed by atoms with E-state index in [2.05, 4.69) is 0 Å². The third kappa shape index (κ3) is 4.97. The lowest BCUT2D eigenvalue weighted by atomic mass is 9.91. The minimum Gasteiger partial charge on any atom is -0.480 e. The lowest BCUT2D eigenvalue weighted by molar-refractivity contribution is -0.196. The van der Waals surface area contributed by atoms with Gasteiger partial charge in [0, 0.05) is 0 Å². The number of amides is 2. The molecule has 1 N–H and O–H groups in total. The third-order valence-electron chi connectivity index (χ3n) is 4.72. The quantitative estimate of drug-likeness (QED) is 0.819. The van der Waals surface area contributed by atoms with Gasteiger partial charge < -0.3 is 24.2 Å². The molecule has 1 unspecified atom stereocenters. The summed E-state index contributed by atoms with van der Waals surface area (Å²) in [5.41, 5.74) is -0.626. The Morgan fingerprint density at radius 1 is 1.14 bits per heavy atom. The lowest BCUT2D eigenvalue weighted by Crippen LogP contribution is -2.74. The van der Waals surface area contributed by atoms with E-state index in [9.17, 15) is 19.5 Å². The van der Waals surface area contributed by atoms with Crippen LogP contribution in [0.25, 0.3) is 0 Å². The number of aliphatic carboxylic acids is 1. The van der Waals surface area contributed by atoms with Gasteiger partial charge in [0.25, 0.3) is 0 Å². The number of rotatable bonds is 3. The molecule has 0 bridgehead atoms. The van der Waals surface area contributed by atoms with Crippen LogP contribution in [0.1, 0.15) is 26.3 Å². The number of hydrogen-bond donors (Lipinski definition) is 1. The maximum atomic E-state index is 12.6. The Balaban J connectivity index is 1.62. The van der Waals surface area contributed by atoms with Crippen LogP contribution in [0.3, 0.4) is 0 Å². The number of carbonyl (C=O) groups is 3. The van der Waals surface area contributed by atoms with Gasteiger partial charge in [-0.05, 0) is 26.3 Å². The van der Waals surface area contributed by atoms with Crippen molar-refractivity contribution in [1.29, 1.82) is 0 Å². The number of benzene rings is 1. The molecule has 0 aromatic heterocycles. The van der Waals surface area contributed by atoms with Crippen molar-refractivity contribution >= 4 is 18.2 Å². The van der Waals surface area contributed by atoms with E-state index in [0.717, 1.165) is 5.56 Å². The number of morpholine rings is 1. The number of ether oxygens (including phenoxy) is 3. The summed E-state index contributed by atoms with van der Waals surface area (Å²) < 4.78 is 16.4. The summed E-state index contributed by atoms with van der Waals surface area (Å²) in [4.78, 5) is 39.0. The number of hydrogen-bond acceptors (Lipinski definition) is 6. The fraction of sp³-hybridized carbons (Fsp3) is 0.550. The average Bonchev–Trinajstić information content (AvgIpc) is 2.63. The highest BCUT2D eigenvalue weighted by molar-refractivity contribution is 5.80. The number of carbonyl (C=O) groups excluding carboxylic acids is 2. The van der Waals surface area contributed by atoms with Gasteiger partial charge in [-0.15, -0.1) is 0 Å². The molecular formula is C20H26N2O7. The molecule has 9 nitrogen and oxygen atoms in total. The van der Waals surface area contributed by atoms with E-state index in [1.807, 2.05) is 30.3 Å². The summed E-state index contributed by atoms with van der Waals surface area (Å²) in [6.45, 7) is 5.67. The van der Waals surface area contributed by atoms with E-state index < -0.39 is 35.4 Å². The zero-order valence-corrected chi connectivity index (χ0v) is 16.8. The Labute approximate surface area is 169 Å². The van der Waals surface area contributed by atoms with Crippen LogP contribution in [0.4, 0.5) is 9.59 Å². The summed E-state index contributed by atoms with van der Waals surface area (Å²) in [5.74, 6) is -1.17. The minimum absolute atomic E-state index is 0.0247. The van der Waals surface area contributed by atoms with Gasteiger partial charge >= 0.3 is 18.2 Å². The van der Waals surface area contributed by atoms with Gasteiger partial charge in [0.15, 0.2) is 6.04 Å². The lowest BCUT2D eigenvalue weighted by Gasteiger charge is -2.54. The van der Waals surface area contributed by atoms with E-state index in [-0.39, 0.29) is 32.8 Å². The molecule has 9 heteroatoms. The number of likely N-dealkylation sites (tertiary alicyclic amines) is 1. The molecule has 29 heavy (non-hydrogen) atoms. The topological polar surface area (TPSA) is 106 Å². The van der Waals surface area contributed by atoms with E-state index >= 15 is 0 Å². The smallest absolute Gasteiger partial charge is 0.411 e. The second-order valence-electron chi connectivity index (χ2n) is 8.35. The number of nitrogens with zero attached hydrogens (tertiary/aromatic N) is 2. The van der Waals surface area contributed by atoms with Crippen molar-refractivity contribution in [3.63, 3.8) is 0 Å². The van der Waals surface area contributed by atoms with Crippen LogP contribution in [0.5, 0.6) is 0 Å². The Morgan fingerprint density at radius 3 is 2.38 bits per heavy atom. The van der Waals surface area contributed by atoms with Crippen molar-refractivity contribution in [1.82, 2.24) is 9.80 Å². The number of carboxylic acid groups (broad SMARTS) is 1. The van der Waals surface area contributed by atoms with Crippen molar-refractivity contribution < 1.29 is 33.7 Å². The highest BCUT2D eigenvalue weighted by Gasteiger charge is 2.54. The maximum Gasteiger partial charge on any atom is 0.411 e. The second kappa shape index (κ2) is 7.90. The molecule has 1 spiro atoms. The Hall–Kier alpha value is -2.81. The van der Waals surface area contributed by atoms with Gasteiger partial charge in [0.1, 0.15) is 17.8 Å². The normalized spacial score (nSPS) is 20.7. The zero-order chi connectivity index (χ0) is 21.2. The predicted molar refractivity (Wildman–Crippen MR) is 101 cm³/mol. The van der Waals surface area contributed by atoms with Crippen LogP contribution in [0.2, 0.25) is 0 Å². The van der Waals surface area contributed by atoms with Crippen molar-refractivity contribution in [3.05, 3.63) is 35.9 Å². The molecule has 2 aliphatic rings. The van der Waals surface area contributed by atoms with Gasteiger partial charge in [0.05, 0.1) is 26.2 Å². The third-order valence-corrected chi connectivity index (χ3v) is 4.72. The predicted octanol–water partition coefficient (Wildman–Crippen LogP) is 2.10. The Morgan fingerprint density at radius 2 is 1.79 bits per heavy atom. The van der Waals surface area contributed by atoms with Crippen LogP contribution < -0.4 is 0 Å². The maximum absolute atomic E-state index is 12.6. The molecule has 0 saturated carbocycles. The molecule has 1 aromatic rings. The molecule has 1 aromatic carbocycles. The van der Waals surface area contributed by atoms with Gasteiger partial charge in [0.2, 0.25) is 0 Å². The van der Waals surface area contributed by atoms with Crippen molar-refractivity contribution in [3.8, 4) is 0 Å². The molecular weight excluding hydrogens is 380 g/mol. The van der Waals surface area contributed by atoms with Crippen LogP contribution in [0, 0.1) is 0 Å². The van der Waals surface area contributed by atoms with E-state index in [1.54, 1.807) is 20.8 Å². The van der Waals surface area contributed by atoms with Gasteiger partial charge in [-0.2, -0.15) is 0 Å². The molecule has 0 aliphatic carbocycles. The first-order valence-corrected chi connectivity index (χ1v) is 9.41. The molecule has 2 saturated heterocycles. The zero-order valence-electron chi connectivity index (χ0n) is 16.8. The molecule has 2 amide bonds. The molecule has 158 valence electrons. The van der Waals surface area contributed by atoms with Gasteiger partial charge in [-0.3, -0.25) is 4.90 Å². The Kier molecular flexibility index (Phi) is 5.70. The largest absolute Gasteiger partial charge is 0.480 e. The van der Waals surface area contributed by atoms with Crippen molar-refractivity contribution in [2.75, 3.05) is 26.2 Å². The molecule has 0 radical (unpaired) electrons. The van der Waals surface area contributed by atoms with Gasteiger partial charge in [-0.1, -0.05) is 30.3 Å². The van der Waals surface area contributed by atoms with Crippen molar-refractivity contribution in [2.45, 2.75) is 44.6 Å². The van der Waals surface area contributed by atoms with E-state index in [4.69, 9.17) is 14.2 Å². The van der Waals surface area contributed by atoms with Crippen LogP contribution >= 0.6 is 0 Å². The summed E-state index contributed by atoms with van der Waals surface area (Å²) in [6, 6.07) is 7.99. The van der Waals surface area contributed by atoms with E-state index in [0.29, 0.717) is 0 Å². The Bertz CT molecular complexity index is 769. The molecule has 3 rings (SSSR count). The van der Waals surface area contributed by atoms with Crippen molar-refractivity contribution in [2.24, 2.45) is 0 Å². The highest BCUT2D eigenvalue weighted by atomic mass is 16.6. The fourth-order valence-corrected chi connectivity index (χ4v) is 3.31. The average molecular weight is 406 g/mol. The standard InChI is InChI=1S/C20H26N2O7/c1-19(2,3)29-17(25)21-11-20(12-21)13-22(15(10-28-20)16(23)24)18(26)27-9-14-7-5-4-6-8-14/h4-8,15H,9-13H2,1-3H3,(H,23,24). The first-order chi connectivity index (χ1) is 13.6. The summed E-state index contributed by atoms with van der Waals surface area (Å²) in [7, 11) is 0. The SMILES string of the molecule is CC(C)(C)OC(=O)N1CC2(C1)CN(C(=O)OCc1ccccc1)C(C(=O)O)CO2.